The monoisotopic (exact) mass is 508 g/mol. The third-order valence-corrected chi connectivity index (χ3v) is 6.62. The summed E-state index contributed by atoms with van der Waals surface area (Å²) in [4.78, 5) is 22.2. The van der Waals surface area contributed by atoms with Crippen LogP contribution >= 0.6 is 11.6 Å². The van der Waals surface area contributed by atoms with Gasteiger partial charge in [0.1, 0.15) is 11.6 Å². The highest BCUT2D eigenvalue weighted by atomic mass is 35.5. The Bertz CT molecular complexity index is 1250. The van der Waals surface area contributed by atoms with Gasteiger partial charge < -0.3 is 4.90 Å². The molecular formula is C25H25ClF4N4O. The second-order valence-electron chi connectivity index (χ2n) is 8.56. The van der Waals surface area contributed by atoms with E-state index in [1.54, 1.807) is 0 Å². The Balaban J connectivity index is 1.79. The van der Waals surface area contributed by atoms with Gasteiger partial charge in [0.05, 0.1) is 16.8 Å². The van der Waals surface area contributed by atoms with E-state index in [9.17, 15) is 22.4 Å². The zero-order chi connectivity index (χ0) is 25.3. The lowest BCUT2D eigenvalue weighted by Crippen LogP contribution is -2.50. The number of halogens is 5. The molecule has 1 aromatic heterocycles. The molecule has 1 unspecified atom stereocenters. The second kappa shape index (κ2) is 9.99. The Labute approximate surface area is 205 Å². The Hall–Kier alpha value is -2.91. The van der Waals surface area contributed by atoms with Crippen LogP contribution in [0.2, 0.25) is 5.02 Å². The van der Waals surface area contributed by atoms with Gasteiger partial charge in [-0.15, -0.1) is 0 Å². The number of nitrogens with zero attached hydrogens (tertiary/aromatic N) is 4. The van der Waals surface area contributed by atoms with E-state index >= 15 is 0 Å². The Morgan fingerprint density at radius 2 is 1.69 bits per heavy atom. The first-order valence-corrected chi connectivity index (χ1v) is 11.7. The molecule has 1 fully saturated rings. The maximum atomic E-state index is 14.9. The van der Waals surface area contributed by atoms with Crippen molar-refractivity contribution < 1.29 is 17.6 Å². The SMILES string of the molecule is CCC(C)N1CCN(c2cc(=O)n(-c3ccc(C(F)(F)F)cc3)c(-c3ccc(Cl)cc3F)n2)CC1. The minimum Gasteiger partial charge on any atom is -0.354 e. The Morgan fingerprint density at radius 1 is 1.03 bits per heavy atom. The van der Waals surface area contributed by atoms with E-state index in [1.165, 1.54) is 30.3 Å². The molecule has 0 N–H and O–H groups in total. The molecule has 2 aromatic carbocycles. The summed E-state index contributed by atoms with van der Waals surface area (Å²) in [6, 6.07) is 9.88. The van der Waals surface area contributed by atoms with Crippen LogP contribution in [0.4, 0.5) is 23.4 Å². The van der Waals surface area contributed by atoms with Crippen molar-refractivity contribution in [1.82, 2.24) is 14.5 Å². The molecule has 0 amide bonds. The lowest BCUT2D eigenvalue weighted by atomic mass is 10.1. The lowest BCUT2D eigenvalue weighted by molar-refractivity contribution is -0.137. The Kier molecular flexibility index (Phi) is 7.19. The molecule has 0 aliphatic carbocycles. The van der Waals surface area contributed by atoms with E-state index in [-0.39, 0.29) is 22.1 Å². The molecule has 3 aromatic rings. The van der Waals surface area contributed by atoms with Crippen molar-refractivity contribution in [3.63, 3.8) is 0 Å². The molecule has 0 spiro atoms. The molecule has 10 heteroatoms. The van der Waals surface area contributed by atoms with Gasteiger partial charge in [-0.1, -0.05) is 18.5 Å². The summed E-state index contributed by atoms with van der Waals surface area (Å²) in [5.74, 6) is -0.305. The van der Waals surface area contributed by atoms with Crippen LogP contribution in [0.3, 0.4) is 0 Å². The number of aromatic nitrogens is 2. The number of benzene rings is 2. The van der Waals surface area contributed by atoms with Crippen LogP contribution in [-0.4, -0.2) is 46.7 Å². The number of hydrogen-bond acceptors (Lipinski definition) is 4. The largest absolute Gasteiger partial charge is 0.416 e. The van der Waals surface area contributed by atoms with E-state index < -0.39 is 23.1 Å². The van der Waals surface area contributed by atoms with Crippen LogP contribution < -0.4 is 10.5 Å². The highest BCUT2D eigenvalue weighted by molar-refractivity contribution is 6.30. The van der Waals surface area contributed by atoms with Gasteiger partial charge in [0.15, 0.2) is 5.82 Å². The topological polar surface area (TPSA) is 41.4 Å². The number of hydrogen-bond donors (Lipinski definition) is 0. The molecule has 1 atom stereocenters. The van der Waals surface area contributed by atoms with E-state index in [2.05, 4.69) is 23.7 Å². The van der Waals surface area contributed by atoms with Gasteiger partial charge in [0.2, 0.25) is 0 Å². The molecule has 1 saturated heterocycles. The van der Waals surface area contributed by atoms with Crippen LogP contribution in [0, 0.1) is 5.82 Å². The third-order valence-electron chi connectivity index (χ3n) is 6.38. The van der Waals surface area contributed by atoms with Crippen LogP contribution in [0.15, 0.2) is 53.3 Å². The van der Waals surface area contributed by atoms with Crippen molar-refractivity contribution in [3.05, 3.63) is 75.3 Å². The molecule has 1 aliphatic rings. The number of piperazine rings is 1. The maximum absolute atomic E-state index is 14.9. The molecule has 0 bridgehead atoms. The van der Waals surface area contributed by atoms with Crippen molar-refractivity contribution in [2.75, 3.05) is 31.1 Å². The molecular weight excluding hydrogens is 484 g/mol. The summed E-state index contributed by atoms with van der Waals surface area (Å²) < 4.78 is 55.2. The molecule has 0 radical (unpaired) electrons. The summed E-state index contributed by atoms with van der Waals surface area (Å²) in [7, 11) is 0. The predicted octanol–water partition coefficient (Wildman–Crippen LogP) is 5.63. The normalized spacial score (nSPS) is 15.9. The van der Waals surface area contributed by atoms with Crippen molar-refractivity contribution in [1.29, 1.82) is 0 Å². The van der Waals surface area contributed by atoms with E-state index in [4.69, 9.17) is 11.6 Å². The van der Waals surface area contributed by atoms with Crippen molar-refractivity contribution >= 4 is 17.4 Å². The van der Waals surface area contributed by atoms with Crippen LogP contribution in [-0.2, 0) is 6.18 Å². The van der Waals surface area contributed by atoms with Gasteiger partial charge in [-0.2, -0.15) is 13.2 Å². The molecule has 186 valence electrons. The summed E-state index contributed by atoms with van der Waals surface area (Å²) in [5, 5.41) is 0.173. The van der Waals surface area contributed by atoms with Crippen LogP contribution in [0.25, 0.3) is 17.1 Å². The molecule has 0 saturated carbocycles. The summed E-state index contributed by atoms with van der Waals surface area (Å²) in [6.07, 6.45) is -3.49. The second-order valence-corrected chi connectivity index (χ2v) is 9.00. The van der Waals surface area contributed by atoms with Gasteiger partial charge in [-0.05, 0) is 55.8 Å². The van der Waals surface area contributed by atoms with Gasteiger partial charge in [0, 0.05) is 43.3 Å². The smallest absolute Gasteiger partial charge is 0.354 e. The third kappa shape index (κ3) is 5.36. The fourth-order valence-corrected chi connectivity index (χ4v) is 4.34. The molecule has 35 heavy (non-hydrogen) atoms. The fourth-order valence-electron chi connectivity index (χ4n) is 4.18. The minimum atomic E-state index is -4.52. The van der Waals surface area contributed by atoms with Gasteiger partial charge in [-0.25, -0.2) is 9.37 Å². The average molecular weight is 509 g/mol. The average Bonchev–Trinajstić information content (AvgIpc) is 2.83. The molecule has 2 heterocycles. The molecule has 5 nitrogen and oxygen atoms in total. The quantitative estimate of drug-likeness (QED) is 0.419. The van der Waals surface area contributed by atoms with Gasteiger partial charge in [0.25, 0.3) is 5.56 Å². The predicted molar refractivity (Wildman–Crippen MR) is 129 cm³/mol. The zero-order valence-electron chi connectivity index (χ0n) is 19.3. The van der Waals surface area contributed by atoms with Crippen LogP contribution in [0.1, 0.15) is 25.8 Å². The van der Waals surface area contributed by atoms with Gasteiger partial charge in [-0.3, -0.25) is 14.3 Å². The fraction of sp³-hybridized carbons (Fsp3) is 0.360. The van der Waals surface area contributed by atoms with Crippen molar-refractivity contribution in [2.24, 2.45) is 0 Å². The molecule has 4 rings (SSSR count). The number of anilines is 1. The highest BCUT2D eigenvalue weighted by Crippen LogP contribution is 2.31. The standard InChI is InChI=1S/C25H25ClF4N4O/c1-3-16(2)32-10-12-33(13-11-32)22-15-23(35)34(19-7-4-17(5-8-19)25(28,29)30)24(31-22)20-9-6-18(26)14-21(20)27/h4-9,14-16H,3,10-13H2,1-2H3. The van der Waals surface area contributed by atoms with Crippen molar-refractivity contribution in [2.45, 2.75) is 32.5 Å². The van der Waals surface area contributed by atoms with Gasteiger partial charge >= 0.3 is 6.18 Å². The first-order chi connectivity index (χ1) is 16.6. The Morgan fingerprint density at radius 3 is 2.26 bits per heavy atom. The molecule has 1 aliphatic heterocycles. The van der Waals surface area contributed by atoms with E-state index in [1.807, 2.05) is 4.90 Å². The highest BCUT2D eigenvalue weighted by Gasteiger charge is 2.30. The zero-order valence-corrected chi connectivity index (χ0v) is 20.1. The minimum absolute atomic E-state index is 0.00854. The summed E-state index contributed by atoms with van der Waals surface area (Å²) >= 11 is 5.91. The first kappa shape index (κ1) is 25.2. The first-order valence-electron chi connectivity index (χ1n) is 11.3. The van der Waals surface area contributed by atoms with E-state index in [0.29, 0.717) is 24.9 Å². The number of alkyl halides is 3. The summed E-state index contributed by atoms with van der Waals surface area (Å²) in [6.45, 7) is 7.17. The van der Waals surface area contributed by atoms with E-state index in [0.717, 1.165) is 42.3 Å². The lowest BCUT2D eigenvalue weighted by Gasteiger charge is -2.38. The summed E-state index contributed by atoms with van der Waals surface area (Å²) in [5.41, 5.74) is -1.21. The number of rotatable bonds is 5. The maximum Gasteiger partial charge on any atom is 0.416 e. The van der Waals surface area contributed by atoms with Crippen LogP contribution in [0.5, 0.6) is 0 Å². The van der Waals surface area contributed by atoms with Crippen molar-refractivity contribution in [3.8, 4) is 17.1 Å².